The summed E-state index contributed by atoms with van der Waals surface area (Å²) in [5.74, 6) is -0.300. The maximum atomic E-state index is 11.4. The van der Waals surface area contributed by atoms with Crippen LogP contribution in [0.1, 0.15) is 11.1 Å². The van der Waals surface area contributed by atoms with Gasteiger partial charge in [-0.1, -0.05) is 23.7 Å². The van der Waals surface area contributed by atoms with Gasteiger partial charge >= 0.3 is 5.97 Å². The van der Waals surface area contributed by atoms with E-state index in [-0.39, 0.29) is 13.0 Å². The number of nitrogens with zero attached hydrogens (tertiary/aromatic N) is 1. The van der Waals surface area contributed by atoms with Crippen molar-refractivity contribution in [3.63, 3.8) is 0 Å². The minimum Gasteiger partial charge on any atom is -0.489 e. The second-order valence-electron chi connectivity index (χ2n) is 6.51. The summed E-state index contributed by atoms with van der Waals surface area (Å²) in [6.07, 6.45) is 0.962. The van der Waals surface area contributed by atoms with Crippen LogP contribution in [-0.2, 0) is 27.3 Å². The van der Waals surface area contributed by atoms with Gasteiger partial charge in [-0.3, -0.25) is 4.98 Å². The molecule has 1 N–H and O–H groups in total. The van der Waals surface area contributed by atoms with Crippen LogP contribution in [0.5, 0.6) is 5.75 Å². The van der Waals surface area contributed by atoms with Crippen LogP contribution in [0.2, 0.25) is 5.02 Å². The fraction of sp³-hybridized carbons (Fsp3) is 0.273. The van der Waals surface area contributed by atoms with Gasteiger partial charge in [-0.15, -0.1) is 0 Å². The van der Waals surface area contributed by atoms with E-state index in [0.29, 0.717) is 24.0 Å². The summed E-state index contributed by atoms with van der Waals surface area (Å²) in [4.78, 5) is 15.9. The van der Waals surface area contributed by atoms with Crippen molar-refractivity contribution in [2.75, 3.05) is 20.3 Å². The van der Waals surface area contributed by atoms with Crippen molar-refractivity contribution in [3.05, 3.63) is 70.9 Å². The van der Waals surface area contributed by atoms with Crippen LogP contribution >= 0.6 is 11.6 Å². The topological polar surface area (TPSA) is 77.9 Å². The molecule has 29 heavy (non-hydrogen) atoms. The van der Waals surface area contributed by atoms with Gasteiger partial charge in [-0.25, -0.2) is 4.79 Å². The first kappa shape index (κ1) is 21.0. The molecule has 0 fully saturated rings. The van der Waals surface area contributed by atoms with Gasteiger partial charge in [-0.2, -0.15) is 0 Å². The van der Waals surface area contributed by atoms with Gasteiger partial charge in [-0.05, 0) is 41.5 Å². The van der Waals surface area contributed by atoms with E-state index in [9.17, 15) is 9.90 Å². The number of benzene rings is 2. The lowest BCUT2D eigenvalue weighted by Gasteiger charge is -2.14. The maximum absolute atomic E-state index is 11.4. The number of pyridine rings is 1. The van der Waals surface area contributed by atoms with E-state index >= 15 is 0 Å². The van der Waals surface area contributed by atoms with Crippen molar-refractivity contribution in [1.29, 1.82) is 0 Å². The average Bonchev–Trinajstić information content (AvgIpc) is 2.72. The van der Waals surface area contributed by atoms with Gasteiger partial charge in [0.05, 0.1) is 18.7 Å². The first-order valence-electron chi connectivity index (χ1n) is 9.14. The van der Waals surface area contributed by atoms with Crippen molar-refractivity contribution in [1.82, 2.24) is 4.98 Å². The molecule has 0 radical (unpaired) electrons. The molecule has 3 aromatic rings. The van der Waals surface area contributed by atoms with Gasteiger partial charge in [0.1, 0.15) is 12.4 Å². The number of hydrogen-bond acceptors (Lipinski definition) is 5. The van der Waals surface area contributed by atoms with Crippen molar-refractivity contribution < 1.29 is 24.1 Å². The number of carboxylic acids is 1. The van der Waals surface area contributed by atoms with Crippen LogP contribution in [-0.4, -0.2) is 42.5 Å². The highest BCUT2D eigenvalue weighted by molar-refractivity contribution is 6.30. The summed E-state index contributed by atoms with van der Waals surface area (Å²) in [6.45, 7) is 1.00. The summed E-state index contributed by atoms with van der Waals surface area (Å²) in [5, 5.41) is 10.9. The third kappa shape index (κ3) is 6.15. The molecule has 0 aliphatic heterocycles. The summed E-state index contributed by atoms with van der Waals surface area (Å²) >= 11 is 5.89. The standard InChI is InChI=1S/C22H22ClNO5/c1-27-8-9-28-21(22(25)26)11-16-10-17-4-7-19(12-20(17)24-13-16)29-14-15-2-5-18(23)6-3-15/h2-7,10,12-13,21H,8-9,11,14H2,1H3,(H,25,26). The number of carbonyl (C=O) groups is 1. The van der Waals surface area contributed by atoms with Crippen LogP contribution in [0, 0.1) is 0 Å². The third-order valence-corrected chi connectivity index (χ3v) is 4.59. The minimum absolute atomic E-state index is 0.225. The zero-order chi connectivity index (χ0) is 20.6. The minimum atomic E-state index is -1.01. The second-order valence-corrected chi connectivity index (χ2v) is 6.94. The number of fused-ring (bicyclic) bond motifs is 1. The van der Waals surface area contributed by atoms with Crippen molar-refractivity contribution in [2.24, 2.45) is 0 Å². The SMILES string of the molecule is COCCOC(Cc1cnc2cc(OCc3ccc(Cl)cc3)ccc2c1)C(=O)O. The number of carboxylic acid groups (broad SMARTS) is 1. The Labute approximate surface area is 174 Å². The molecule has 0 aliphatic carbocycles. The van der Waals surface area contributed by atoms with E-state index in [1.54, 1.807) is 13.3 Å². The smallest absolute Gasteiger partial charge is 0.333 e. The molecule has 0 bridgehead atoms. The van der Waals surface area contributed by atoms with Gasteiger partial charge in [0.15, 0.2) is 6.10 Å². The summed E-state index contributed by atoms with van der Waals surface area (Å²) in [5.41, 5.74) is 2.58. The van der Waals surface area contributed by atoms with E-state index in [0.717, 1.165) is 22.0 Å². The fourth-order valence-electron chi connectivity index (χ4n) is 2.80. The monoisotopic (exact) mass is 415 g/mol. The number of ether oxygens (including phenoxy) is 3. The van der Waals surface area contributed by atoms with E-state index in [1.807, 2.05) is 48.5 Å². The molecule has 1 aromatic heterocycles. The van der Waals surface area contributed by atoms with E-state index in [2.05, 4.69) is 4.98 Å². The van der Waals surface area contributed by atoms with Crippen molar-refractivity contribution in [2.45, 2.75) is 19.1 Å². The molecule has 0 amide bonds. The molecule has 1 unspecified atom stereocenters. The van der Waals surface area contributed by atoms with Gasteiger partial charge < -0.3 is 19.3 Å². The van der Waals surface area contributed by atoms with Crippen LogP contribution in [0.4, 0.5) is 0 Å². The van der Waals surface area contributed by atoms with E-state index in [4.69, 9.17) is 25.8 Å². The lowest BCUT2D eigenvalue weighted by molar-refractivity contribution is -0.151. The molecule has 6 nitrogen and oxygen atoms in total. The molecule has 1 heterocycles. The lowest BCUT2D eigenvalue weighted by atomic mass is 10.1. The van der Waals surface area contributed by atoms with Crippen molar-refractivity contribution in [3.8, 4) is 5.75 Å². The highest BCUT2D eigenvalue weighted by Crippen LogP contribution is 2.22. The number of rotatable bonds is 10. The van der Waals surface area contributed by atoms with Crippen molar-refractivity contribution >= 4 is 28.5 Å². The second kappa shape index (κ2) is 10.2. The van der Waals surface area contributed by atoms with Crippen LogP contribution in [0.15, 0.2) is 54.7 Å². The predicted molar refractivity (Wildman–Crippen MR) is 110 cm³/mol. The molecular formula is C22H22ClNO5. The number of halogens is 1. The Morgan fingerprint density at radius 2 is 1.90 bits per heavy atom. The number of methoxy groups -OCH3 is 1. The Hall–Kier alpha value is -2.67. The highest BCUT2D eigenvalue weighted by Gasteiger charge is 2.19. The average molecular weight is 416 g/mol. The Kier molecular flexibility index (Phi) is 7.41. The number of aliphatic carboxylic acids is 1. The quantitative estimate of drug-likeness (QED) is 0.502. The molecule has 152 valence electrons. The Balaban J connectivity index is 1.66. The first-order chi connectivity index (χ1) is 14.0. The Morgan fingerprint density at radius 1 is 1.10 bits per heavy atom. The largest absolute Gasteiger partial charge is 0.489 e. The Bertz CT molecular complexity index is 961. The van der Waals surface area contributed by atoms with E-state index < -0.39 is 12.1 Å². The third-order valence-electron chi connectivity index (χ3n) is 4.33. The van der Waals surface area contributed by atoms with Gasteiger partial charge in [0.25, 0.3) is 0 Å². The molecular weight excluding hydrogens is 394 g/mol. The molecule has 1 atom stereocenters. The zero-order valence-corrected chi connectivity index (χ0v) is 16.8. The number of hydrogen-bond donors (Lipinski definition) is 1. The van der Waals surface area contributed by atoms with Crippen LogP contribution < -0.4 is 4.74 Å². The van der Waals surface area contributed by atoms with Crippen LogP contribution in [0.3, 0.4) is 0 Å². The summed E-state index contributed by atoms with van der Waals surface area (Å²) in [7, 11) is 1.54. The normalized spacial score (nSPS) is 12.1. The molecule has 0 spiro atoms. The van der Waals surface area contributed by atoms with E-state index in [1.165, 1.54) is 0 Å². The predicted octanol–water partition coefficient (Wildman–Crippen LogP) is 4.13. The summed E-state index contributed by atoms with van der Waals surface area (Å²) in [6, 6.07) is 15.0. The molecule has 0 aliphatic rings. The fourth-order valence-corrected chi connectivity index (χ4v) is 2.93. The lowest BCUT2D eigenvalue weighted by Crippen LogP contribution is -2.27. The highest BCUT2D eigenvalue weighted by atomic mass is 35.5. The maximum Gasteiger partial charge on any atom is 0.333 e. The Morgan fingerprint density at radius 3 is 2.62 bits per heavy atom. The zero-order valence-electron chi connectivity index (χ0n) is 16.0. The molecule has 7 heteroatoms. The van der Waals surface area contributed by atoms with Gasteiger partial charge in [0, 0.05) is 36.2 Å². The van der Waals surface area contributed by atoms with Crippen LogP contribution in [0.25, 0.3) is 10.9 Å². The first-order valence-corrected chi connectivity index (χ1v) is 9.52. The molecule has 0 saturated carbocycles. The molecule has 2 aromatic carbocycles. The summed E-state index contributed by atoms with van der Waals surface area (Å²) < 4.78 is 16.1. The van der Waals surface area contributed by atoms with Gasteiger partial charge in [0.2, 0.25) is 0 Å². The molecule has 3 rings (SSSR count). The molecule has 0 saturated heterocycles. The number of aromatic nitrogens is 1.